The first-order valence-corrected chi connectivity index (χ1v) is 8.96. The lowest BCUT2D eigenvalue weighted by molar-refractivity contribution is 0.0198. The summed E-state index contributed by atoms with van der Waals surface area (Å²) in [6.45, 7) is 7.93. The summed E-state index contributed by atoms with van der Waals surface area (Å²) in [7, 11) is 0. The number of morpholine rings is 1. The Kier molecular flexibility index (Phi) is 4.77. The van der Waals surface area contributed by atoms with Crippen molar-refractivity contribution in [3.8, 4) is 16.9 Å². The van der Waals surface area contributed by atoms with E-state index in [2.05, 4.69) is 64.3 Å². The molecular weight excluding hydrogens is 326 g/mol. The third-order valence-electron chi connectivity index (χ3n) is 4.96. The molecule has 0 radical (unpaired) electrons. The van der Waals surface area contributed by atoms with E-state index < -0.39 is 0 Å². The maximum Gasteiger partial charge on any atom is 0.147 e. The summed E-state index contributed by atoms with van der Waals surface area (Å²) in [5.74, 6) is 0.842. The maximum absolute atomic E-state index is 5.46. The highest BCUT2D eigenvalue weighted by molar-refractivity contribution is 5.71. The van der Waals surface area contributed by atoms with Crippen LogP contribution in [-0.4, -0.2) is 51.0 Å². The molecule has 3 aromatic rings. The van der Waals surface area contributed by atoms with E-state index in [4.69, 9.17) is 4.74 Å². The first kappa shape index (κ1) is 16.9. The molecule has 1 aromatic carbocycles. The van der Waals surface area contributed by atoms with E-state index in [0.29, 0.717) is 6.04 Å². The van der Waals surface area contributed by atoms with E-state index in [1.165, 1.54) is 5.56 Å². The minimum atomic E-state index is 0.390. The first-order chi connectivity index (χ1) is 12.7. The molecule has 0 bridgehead atoms. The van der Waals surface area contributed by atoms with Crippen molar-refractivity contribution in [3.05, 3.63) is 60.3 Å². The van der Waals surface area contributed by atoms with E-state index >= 15 is 0 Å². The Bertz CT molecular complexity index is 854. The fourth-order valence-corrected chi connectivity index (χ4v) is 3.41. The topological polar surface area (TPSA) is 56.1 Å². The second-order valence-electron chi connectivity index (χ2n) is 6.70. The van der Waals surface area contributed by atoms with Crippen molar-refractivity contribution in [2.24, 2.45) is 0 Å². The number of ether oxygens (including phenoxy) is 1. The van der Waals surface area contributed by atoms with Crippen molar-refractivity contribution in [1.82, 2.24) is 24.6 Å². The van der Waals surface area contributed by atoms with Crippen LogP contribution in [0.4, 0.5) is 0 Å². The van der Waals surface area contributed by atoms with Gasteiger partial charge in [0.1, 0.15) is 18.5 Å². The minimum Gasteiger partial charge on any atom is -0.379 e. The Hall–Kier alpha value is -2.57. The second-order valence-corrected chi connectivity index (χ2v) is 6.70. The van der Waals surface area contributed by atoms with Crippen LogP contribution in [0, 0.1) is 6.92 Å². The van der Waals surface area contributed by atoms with Crippen molar-refractivity contribution in [2.75, 3.05) is 26.3 Å². The molecule has 1 atom stereocenters. The zero-order chi connectivity index (χ0) is 17.9. The molecule has 0 N–H and O–H groups in total. The van der Waals surface area contributed by atoms with Crippen LogP contribution in [0.5, 0.6) is 0 Å². The van der Waals surface area contributed by atoms with Gasteiger partial charge in [-0.3, -0.25) is 9.47 Å². The fraction of sp³-hybridized carbons (Fsp3) is 0.350. The van der Waals surface area contributed by atoms with E-state index in [0.717, 1.165) is 48.8 Å². The van der Waals surface area contributed by atoms with Gasteiger partial charge in [0.05, 0.1) is 13.2 Å². The fourth-order valence-electron chi connectivity index (χ4n) is 3.41. The average Bonchev–Trinajstić information content (AvgIpc) is 3.23. The molecule has 0 saturated carbocycles. The molecule has 1 aliphatic heterocycles. The molecular formula is C20H23N5O. The monoisotopic (exact) mass is 349 g/mol. The smallest absolute Gasteiger partial charge is 0.147 e. The van der Waals surface area contributed by atoms with Gasteiger partial charge >= 0.3 is 0 Å². The number of rotatable bonds is 4. The predicted molar refractivity (Wildman–Crippen MR) is 100 cm³/mol. The van der Waals surface area contributed by atoms with Gasteiger partial charge < -0.3 is 4.74 Å². The molecule has 0 aliphatic carbocycles. The largest absolute Gasteiger partial charge is 0.379 e. The van der Waals surface area contributed by atoms with Gasteiger partial charge in [-0.15, -0.1) is 10.2 Å². The third kappa shape index (κ3) is 3.38. The highest BCUT2D eigenvalue weighted by Crippen LogP contribution is 2.29. The van der Waals surface area contributed by atoms with E-state index in [9.17, 15) is 0 Å². The Morgan fingerprint density at radius 2 is 1.73 bits per heavy atom. The molecule has 1 fully saturated rings. The molecule has 2 aromatic heterocycles. The zero-order valence-electron chi connectivity index (χ0n) is 15.2. The van der Waals surface area contributed by atoms with Crippen molar-refractivity contribution in [1.29, 1.82) is 0 Å². The van der Waals surface area contributed by atoms with Gasteiger partial charge in [-0.2, -0.15) is 0 Å². The lowest BCUT2D eigenvalue weighted by Gasteiger charge is -2.32. The maximum atomic E-state index is 5.46. The predicted octanol–water partition coefficient (Wildman–Crippen LogP) is 3.03. The Balaban J connectivity index is 1.64. The molecule has 0 spiro atoms. The van der Waals surface area contributed by atoms with Crippen LogP contribution in [0.2, 0.25) is 0 Å². The summed E-state index contributed by atoms with van der Waals surface area (Å²) < 4.78 is 7.31. The SMILES string of the molecule is Cc1cnc(-n2cnnc2)c(-c2ccc([C@H](C)N3CCOCC3)cc2)c1. The summed E-state index contributed by atoms with van der Waals surface area (Å²) in [6, 6.07) is 11.3. The van der Waals surface area contributed by atoms with Gasteiger partial charge in [-0.25, -0.2) is 4.98 Å². The summed E-state index contributed by atoms with van der Waals surface area (Å²) in [5, 5.41) is 7.80. The number of benzene rings is 1. The van der Waals surface area contributed by atoms with E-state index in [1.807, 2.05) is 10.8 Å². The van der Waals surface area contributed by atoms with E-state index in [-0.39, 0.29) is 0 Å². The van der Waals surface area contributed by atoms with Crippen LogP contribution in [-0.2, 0) is 4.74 Å². The summed E-state index contributed by atoms with van der Waals surface area (Å²) in [4.78, 5) is 7.06. The molecule has 134 valence electrons. The second kappa shape index (κ2) is 7.35. The van der Waals surface area contributed by atoms with Crippen LogP contribution in [0.15, 0.2) is 49.2 Å². The number of nitrogens with zero attached hydrogens (tertiary/aromatic N) is 5. The van der Waals surface area contributed by atoms with Crippen molar-refractivity contribution >= 4 is 0 Å². The van der Waals surface area contributed by atoms with Gasteiger partial charge in [0.15, 0.2) is 0 Å². The molecule has 3 heterocycles. The Morgan fingerprint density at radius 3 is 2.42 bits per heavy atom. The number of aromatic nitrogens is 4. The number of pyridine rings is 1. The highest BCUT2D eigenvalue weighted by Gasteiger charge is 2.18. The summed E-state index contributed by atoms with van der Waals surface area (Å²) in [6.07, 6.45) is 5.22. The average molecular weight is 349 g/mol. The molecule has 4 rings (SSSR count). The zero-order valence-corrected chi connectivity index (χ0v) is 15.2. The van der Waals surface area contributed by atoms with Gasteiger partial charge in [-0.05, 0) is 36.6 Å². The molecule has 0 amide bonds. The number of aryl methyl sites for hydroxylation is 1. The number of hydrogen-bond donors (Lipinski definition) is 0. The van der Waals surface area contributed by atoms with Crippen LogP contribution >= 0.6 is 0 Å². The summed E-state index contributed by atoms with van der Waals surface area (Å²) in [5.41, 5.74) is 4.67. The lowest BCUT2D eigenvalue weighted by Crippen LogP contribution is -2.37. The van der Waals surface area contributed by atoms with Gasteiger partial charge in [0.25, 0.3) is 0 Å². The van der Waals surface area contributed by atoms with Crippen molar-refractivity contribution in [2.45, 2.75) is 19.9 Å². The molecule has 1 aliphatic rings. The normalized spacial score (nSPS) is 16.5. The molecule has 26 heavy (non-hydrogen) atoms. The van der Waals surface area contributed by atoms with Crippen LogP contribution in [0.25, 0.3) is 16.9 Å². The molecule has 6 heteroatoms. The minimum absolute atomic E-state index is 0.390. The summed E-state index contributed by atoms with van der Waals surface area (Å²) >= 11 is 0. The third-order valence-corrected chi connectivity index (χ3v) is 4.96. The van der Waals surface area contributed by atoms with Crippen LogP contribution < -0.4 is 0 Å². The molecule has 1 saturated heterocycles. The van der Waals surface area contributed by atoms with Crippen molar-refractivity contribution in [3.63, 3.8) is 0 Å². The van der Waals surface area contributed by atoms with E-state index in [1.54, 1.807) is 12.7 Å². The highest BCUT2D eigenvalue weighted by atomic mass is 16.5. The molecule has 6 nitrogen and oxygen atoms in total. The van der Waals surface area contributed by atoms with Gasteiger partial charge in [-0.1, -0.05) is 24.3 Å². The van der Waals surface area contributed by atoms with Crippen LogP contribution in [0.3, 0.4) is 0 Å². The number of hydrogen-bond acceptors (Lipinski definition) is 5. The lowest BCUT2D eigenvalue weighted by atomic mass is 10.00. The standard InChI is InChI=1S/C20H23N5O/c1-15-11-19(20(21-12-15)25-13-22-23-14-25)18-5-3-17(4-6-18)16(2)24-7-9-26-10-8-24/h3-6,11-14,16H,7-10H2,1-2H3/t16-/m0/s1. The molecule has 0 unspecified atom stereocenters. The van der Waals surface area contributed by atoms with Crippen molar-refractivity contribution < 1.29 is 4.74 Å². The first-order valence-electron chi connectivity index (χ1n) is 8.96. The van der Waals surface area contributed by atoms with Crippen LogP contribution in [0.1, 0.15) is 24.1 Å². The van der Waals surface area contributed by atoms with Gasteiger partial charge in [0, 0.05) is 30.9 Å². The Labute approximate surface area is 153 Å². The quantitative estimate of drug-likeness (QED) is 0.725. The van der Waals surface area contributed by atoms with Gasteiger partial charge in [0.2, 0.25) is 0 Å². The Morgan fingerprint density at radius 1 is 1.04 bits per heavy atom.